The summed E-state index contributed by atoms with van der Waals surface area (Å²) in [6.45, 7) is 0. The number of ether oxygens (including phenoxy) is 2. The molecule has 0 aromatic rings. The van der Waals surface area contributed by atoms with Crippen molar-refractivity contribution in [3.05, 3.63) is 23.7 Å². The molecule has 2 aliphatic rings. The molecule has 3 nitrogen and oxygen atoms in total. The van der Waals surface area contributed by atoms with E-state index in [-0.39, 0.29) is 0 Å². The van der Waals surface area contributed by atoms with Gasteiger partial charge in [-0.3, -0.25) is 0 Å². The van der Waals surface area contributed by atoms with Gasteiger partial charge < -0.3 is 9.47 Å². The smallest absolute Gasteiger partial charge is 0.399 e. The fourth-order valence-electron chi connectivity index (χ4n) is 0.485. The van der Waals surface area contributed by atoms with Gasteiger partial charge in [-0.2, -0.15) is 0 Å². The summed E-state index contributed by atoms with van der Waals surface area (Å²) in [6.07, 6.45) is 4.61. The van der Waals surface area contributed by atoms with Crippen molar-refractivity contribution in [2.24, 2.45) is 0 Å². The van der Waals surface area contributed by atoms with Crippen molar-refractivity contribution in [3.63, 3.8) is 0 Å². The number of hydrogen-bond acceptors (Lipinski definition) is 3. The largest absolute Gasteiger partial charge is 0.518 e. The number of hydrogen-bond donors (Lipinski definition) is 0. The lowest BCUT2D eigenvalue weighted by Gasteiger charge is -1.96. The summed E-state index contributed by atoms with van der Waals surface area (Å²) in [4.78, 5) is 10.6. The highest BCUT2D eigenvalue weighted by Crippen LogP contribution is 2.24. The van der Waals surface area contributed by atoms with Gasteiger partial charge in [-0.25, -0.2) is 4.79 Å². The predicted molar refractivity (Wildman–Crippen MR) is 33.0 cm³/mol. The fraction of sp³-hybridized carbons (Fsp3) is 0.286. The Morgan fingerprint density at radius 1 is 1.20 bits per heavy atom. The van der Waals surface area contributed by atoms with Crippen molar-refractivity contribution in [2.75, 3.05) is 0 Å². The van der Waals surface area contributed by atoms with Crippen LogP contribution in [0.1, 0.15) is 12.8 Å². The molecule has 0 spiro atoms. The van der Waals surface area contributed by atoms with Gasteiger partial charge in [-0.15, -0.1) is 0 Å². The summed E-state index contributed by atoms with van der Waals surface area (Å²) >= 11 is 0. The molecule has 0 N–H and O–H groups in total. The minimum Gasteiger partial charge on any atom is -0.399 e. The van der Waals surface area contributed by atoms with Gasteiger partial charge in [0.1, 0.15) is 11.5 Å². The summed E-state index contributed by atoms with van der Waals surface area (Å²) in [5.41, 5.74) is 0. The van der Waals surface area contributed by atoms with Crippen LogP contribution in [0.4, 0.5) is 4.79 Å². The Morgan fingerprint density at radius 2 is 1.60 bits per heavy atom. The molecule has 0 atom stereocenters. The van der Waals surface area contributed by atoms with Gasteiger partial charge in [-0.1, -0.05) is 0 Å². The van der Waals surface area contributed by atoms with E-state index < -0.39 is 6.16 Å². The van der Waals surface area contributed by atoms with Crippen molar-refractivity contribution in [3.8, 4) is 0 Å². The maximum atomic E-state index is 10.6. The minimum atomic E-state index is -0.604. The average Bonchev–Trinajstić information content (AvgIpc) is 2.59. The molecule has 0 saturated heterocycles. The molecule has 2 aliphatic carbocycles. The van der Waals surface area contributed by atoms with Gasteiger partial charge in [0.05, 0.1) is 0 Å². The second-order valence-electron chi connectivity index (χ2n) is 2.20. The SMILES string of the molecule is O=C(OC1=CC1)OC1=CC1. The molecule has 2 rings (SSSR count). The van der Waals surface area contributed by atoms with Crippen LogP contribution in [0.5, 0.6) is 0 Å². The Kier molecular flexibility index (Phi) is 1.03. The molecule has 0 fully saturated rings. The molecular weight excluding hydrogens is 132 g/mol. The molecule has 0 amide bonds. The van der Waals surface area contributed by atoms with Crippen LogP contribution in [0.3, 0.4) is 0 Å². The highest BCUT2D eigenvalue weighted by molar-refractivity contribution is 5.64. The van der Waals surface area contributed by atoms with Gasteiger partial charge >= 0.3 is 6.16 Å². The highest BCUT2D eigenvalue weighted by atomic mass is 16.7. The molecule has 0 aromatic heterocycles. The third kappa shape index (κ3) is 1.37. The van der Waals surface area contributed by atoms with Crippen molar-refractivity contribution in [2.45, 2.75) is 12.8 Å². The summed E-state index contributed by atoms with van der Waals surface area (Å²) in [5, 5.41) is 0. The zero-order valence-electron chi connectivity index (χ0n) is 5.29. The van der Waals surface area contributed by atoms with E-state index in [1.165, 1.54) is 0 Å². The van der Waals surface area contributed by atoms with E-state index in [0.717, 1.165) is 12.8 Å². The van der Waals surface area contributed by atoms with E-state index in [2.05, 4.69) is 9.47 Å². The molecule has 10 heavy (non-hydrogen) atoms. The van der Waals surface area contributed by atoms with Crippen LogP contribution in [0.15, 0.2) is 23.7 Å². The van der Waals surface area contributed by atoms with E-state index in [4.69, 9.17) is 0 Å². The highest BCUT2D eigenvalue weighted by Gasteiger charge is 2.19. The van der Waals surface area contributed by atoms with Crippen LogP contribution in [0.25, 0.3) is 0 Å². The monoisotopic (exact) mass is 138 g/mol. The summed E-state index contributed by atoms with van der Waals surface area (Å²) in [7, 11) is 0. The van der Waals surface area contributed by atoms with Crippen LogP contribution < -0.4 is 0 Å². The van der Waals surface area contributed by atoms with Gasteiger partial charge in [0, 0.05) is 12.8 Å². The van der Waals surface area contributed by atoms with Crippen molar-refractivity contribution in [1.82, 2.24) is 0 Å². The van der Waals surface area contributed by atoms with Crippen molar-refractivity contribution >= 4 is 6.16 Å². The Hall–Kier alpha value is -1.25. The lowest BCUT2D eigenvalue weighted by Crippen LogP contribution is -1.99. The maximum absolute atomic E-state index is 10.6. The average molecular weight is 138 g/mol. The van der Waals surface area contributed by atoms with Crippen LogP contribution in [0.2, 0.25) is 0 Å². The quantitative estimate of drug-likeness (QED) is 0.545. The summed E-state index contributed by atoms with van der Waals surface area (Å²) in [6, 6.07) is 0. The molecular formula is C7H6O3. The second-order valence-corrected chi connectivity index (χ2v) is 2.20. The molecule has 0 aromatic carbocycles. The summed E-state index contributed by atoms with van der Waals surface area (Å²) in [5.74, 6) is 1.43. The third-order valence-corrected chi connectivity index (χ3v) is 1.17. The number of carbonyl (C=O) groups is 1. The molecule has 0 heterocycles. The summed E-state index contributed by atoms with van der Waals surface area (Å²) < 4.78 is 9.34. The lowest BCUT2D eigenvalue weighted by molar-refractivity contribution is 0.109. The van der Waals surface area contributed by atoms with E-state index >= 15 is 0 Å². The zero-order valence-corrected chi connectivity index (χ0v) is 5.29. The molecule has 0 bridgehead atoms. The molecule has 52 valence electrons. The van der Waals surface area contributed by atoms with E-state index in [1.54, 1.807) is 0 Å². The molecule has 0 aliphatic heterocycles. The minimum absolute atomic E-state index is 0.604. The fourth-order valence-corrected chi connectivity index (χ4v) is 0.485. The predicted octanol–water partition coefficient (Wildman–Crippen LogP) is 1.71. The number of carbonyl (C=O) groups excluding carboxylic acids is 1. The van der Waals surface area contributed by atoms with E-state index in [1.807, 2.05) is 12.2 Å². The first kappa shape index (κ1) is 5.53. The van der Waals surface area contributed by atoms with Crippen LogP contribution in [-0.4, -0.2) is 6.16 Å². The van der Waals surface area contributed by atoms with Gasteiger partial charge in [-0.05, 0) is 12.2 Å². The van der Waals surface area contributed by atoms with Crippen LogP contribution >= 0.6 is 0 Å². The number of rotatable bonds is 2. The lowest BCUT2D eigenvalue weighted by atomic mass is 10.8. The molecule has 3 heteroatoms. The molecule has 0 unspecified atom stereocenters. The second kappa shape index (κ2) is 1.87. The Bertz CT molecular complexity index is 213. The van der Waals surface area contributed by atoms with E-state index in [0.29, 0.717) is 11.5 Å². The standard InChI is InChI=1S/C7H6O3/c8-7(9-5-1-2-5)10-6-3-4-6/h1,3H,2,4H2. The first-order chi connectivity index (χ1) is 4.84. The first-order valence-corrected chi connectivity index (χ1v) is 3.12. The van der Waals surface area contributed by atoms with Crippen molar-refractivity contribution < 1.29 is 14.3 Å². The Morgan fingerprint density at radius 3 is 1.90 bits per heavy atom. The van der Waals surface area contributed by atoms with Crippen LogP contribution in [0, 0.1) is 0 Å². The topological polar surface area (TPSA) is 35.5 Å². The van der Waals surface area contributed by atoms with Crippen molar-refractivity contribution in [1.29, 1.82) is 0 Å². The Labute approximate surface area is 57.9 Å². The first-order valence-electron chi connectivity index (χ1n) is 3.12. The molecule has 0 saturated carbocycles. The normalized spacial score (nSPS) is 18.8. The molecule has 0 radical (unpaired) electrons. The zero-order chi connectivity index (χ0) is 6.97. The third-order valence-electron chi connectivity index (χ3n) is 1.17. The van der Waals surface area contributed by atoms with Gasteiger partial charge in [0.2, 0.25) is 0 Å². The van der Waals surface area contributed by atoms with Gasteiger partial charge in [0.25, 0.3) is 0 Å². The number of allylic oxidation sites excluding steroid dienone is 4. The van der Waals surface area contributed by atoms with Gasteiger partial charge in [0.15, 0.2) is 0 Å². The Balaban J connectivity index is 1.74. The van der Waals surface area contributed by atoms with E-state index in [9.17, 15) is 4.79 Å². The maximum Gasteiger partial charge on any atom is 0.518 e. The van der Waals surface area contributed by atoms with Crippen LogP contribution in [-0.2, 0) is 9.47 Å².